The smallest absolute Gasteiger partial charge is 0.142 e. The van der Waals surface area contributed by atoms with Gasteiger partial charge in [-0.05, 0) is 54.8 Å². The molecule has 3 heteroatoms. The van der Waals surface area contributed by atoms with Crippen LogP contribution in [0.15, 0.2) is 11.5 Å². The molecule has 0 amide bonds. The molecule has 126 valence electrons. The maximum Gasteiger partial charge on any atom is 0.142 e. The Morgan fingerprint density at radius 2 is 2.00 bits per heavy atom. The van der Waals surface area contributed by atoms with Gasteiger partial charge in [-0.2, -0.15) is 0 Å². The Hall–Kier alpha value is -0.830. The molecule has 0 saturated heterocycles. The normalized spacial score (nSPS) is 53.9. The Morgan fingerprint density at radius 1 is 1.17 bits per heavy atom. The van der Waals surface area contributed by atoms with Gasteiger partial charge in [0.2, 0.25) is 0 Å². The van der Waals surface area contributed by atoms with Gasteiger partial charge in [0.25, 0.3) is 0 Å². The van der Waals surface area contributed by atoms with Crippen LogP contribution in [0.4, 0.5) is 0 Å². The van der Waals surface area contributed by atoms with Gasteiger partial charge >= 0.3 is 0 Å². The summed E-state index contributed by atoms with van der Waals surface area (Å²) < 4.78 is 11.8. The summed E-state index contributed by atoms with van der Waals surface area (Å²) in [6, 6.07) is 0. The molecule has 0 aromatic carbocycles. The van der Waals surface area contributed by atoms with Crippen molar-refractivity contribution < 1.29 is 14.3 Å². The quantitative estimate of drug-likeness (QED) is 0.732. The Labute approximate surface area is 138 Å². The van der Waals surface area contributed by atoms with Crippen LogP contribution in [0, 0.1) is 34.5 Å². The molecule has 4 aliphatic carbocycles. The van der Waals surface area contributed by atoms with Gasteiger partial charge in [-0.25, -0.2) is 0 Å². The zero-order valence-electron chi connectivity index (χ0n) is 14.6. The minimum atomic E-state index is -0.125. The summed E-state index contributed by atoms with van der Waals surface area (Å²) in [5, 5.41) is 0. The molecular formula is C20H28O3. The highest BCUT2D eigenvalue weighted by Gasteiger charge is 2.64. The van der Waals surface area contributed by atoms with Crippen molar-refractivity contribution >= 4 is 5.78 Å². The van der Waals surface area contributed by atoms with E-state index in [9.17, 15) is 4.79 Å². The fourth-order valence-corrected chi connectivity index (χ4v) is 7.22. The topological polar surface area (TPSA) is 38.8 Å². The Morgan fingerprint density at radius 3 is 2.78 bits per heavy atom. The lowest BCUT2D eigenvalue weighted by atomic mass is 9.45. The summed E-state index contributed by atoms with van der Waals surface area (Å²) in [6.07, 6.45) is 7.89. The fourth-order valence-electron chi connectivity index (χ4n) is 7.22. The van der Waals surface area contributed by atoms with Gasteiger partial charge in [0.15, 0.2) is 0 Å². The van der Waals surface area contributed by atoms with E-state index in [1.54, 1.807) is 0 Å². The first kappa shape index (κ1) is 14.5. The van der Waals surface area contributed by atoms with Crippen LogP contribution in [0.2, 0.25) is 0 Å². The number of ketones is 1. The molecule has 3 nitrogen and oxygen atoms in total. The van der Waals surface area contributed by atoms with E-state index in [0.717, 1.165) is 38.0 Å². The maximum absolute atomic E-state index is 12.6. The second kappa shape index (κ2) is 4.41. The van der Waals surface area contributed by atoms with Crippen LogP contribution in [-0.4, -0.2) is 19.0 Å². The zero-order valence-corrected chi connectivity index (χ0v) is 14.6. The van der Waals surface area contributed by atoms with Gasteiger partial charge in [0.05, 0.1) is 6.10 Å². The largest absolute Gasteiger partial charge is 0.459 e. The van der Waals surface area contributed by atoms with Crippen molar-refractivity contribution in [2.45, 2.75) is 64.9 Å². The van der Waals surface area contributed by atoms with Gasteiger partial charge in [0.1, 0.15) is 17.3 Å². The molecule has 0 N–H and O–H groups in total. The second-order valence-corrected chi connectivity index (χ2v) is 9.26. The van der Waals surface area contributed by atoms with E-state index in [1.807, 2.05) is 7.11 Å². The molecular weight excluding hydrogens is 288 g/mol. The van der Waals surface area contributed by atoms with Crippen LogP contribution >= 0.6 is 0 Å². The number of allylic oxidation sites excluding steroid dienone is 2. The molecule has 0 aromatic rings. The Balaban J connectivity index is 1.56. The number of Topliss-reactive ketones (excluding diaryl/α,β-unsaturated/α-hetero) is 1. The standard InChI is InChI=1S/C20H28O3/c1-19-9-15-14(23-15)8-11(19)4-5-12-13-6-7-17(21)20(13,2)10-16(22-3)18(12)19/h11-13,16,18H,4-10H2,1-3H3/t11-,12-,13-,16-,18+,19-,20-/m0/s1. The number of fused-ring (bicyclic) bond motifs is 5. The Bertz CT molecular complexity index is 608. The summed E-state index contributed by atoms with van der Waals surface area (Å²) in [7, 11) is 1.86. The second-order valence-electron chi connectivity index (χ2n) is 9.26. The lowest BCUT2D eigenvalue weighted by molar-refractivity contribution is -0.169. The number of carbonyl (C=O) groups is 1. The summed E-state index contributed by atoms with van der Waals surface area (Å²) >= 11 is 0. The van der Waals surface area contributed by atoms with Crippen LogP contribution in [0.1, 0.15) is 58.8 Å². The molecule has 0 aromatic heterocycles. The summed E-state index contributed by atoms with van der Waals surface area (Å²) in [4.78, 5) is 12.6. The number of hydrogen-bond acceptors (Lipinski definition) is 3. The molecule has 1 aliphatic heterocycles. The molecule has 5 rings (SSSR count). The minimum absolute atomic E-state index is 0.125. The molecule has 1 heterocycles. The van der Waals surface area contributed by atoms with Crippen molar-refractivity contribution in [2.24, 2.45) is 34.5 Å². The summed E-state index contributed by atoms with van der Waals surface area (Å²) in [5.41, 5.74) is 0.173. The SMILES string of the molecule is CO[C@H]1C[C@]2(C)C(=O)CC[C@H]2[C@@H]2CC[C@H]3CC4=C(C[C@]3(C)[C@H]21)O4. The molecule has 7 atom stereocenters. The van der Waals surface area contributed by atoms with Crippen molar-refractivity contribution in [1.29, 1.82) is 0 Å². The first-order valence-electron chi connectivity index (χ1n) is 9.43. The highest BCUT2D eigenvalue weighted by molar-refractivity contribution is 5.87. The van der Waals surface area contributed by atoms with E-state index in [2.05, 4.69) is 13.8 Å². The third kappa shape index (κ3) is 1.72. The maximum atomic E-state index is 12.6. The first-order chi connectivity index (χ1) is 11.0. The fraction of sp³-hybridized carbons (Fsp3) is 0.850. The van der Waals surface area contributed by atoms with E-state index in [1.165, 1.54) is 24.4 Å². The number of rotatable bonds is 1. The third-order valence-corrected chi connectivity index (χ3v) is 8.48. The lowest BCUT2D eigenvalue weighted by Gasteiger charge is -2.60. The first-order valence-corrected chi connectivity index (χ1v) is 9.43. The lowest BCUT2D eigenvalue weighted by Crippen LogP contribution is -2.58. The van der Waals surface area contributed by atoms with Gasteiger partial charge in [-0.3, -0.25) is 4.79 Å². The number of carbonyl (C=O) groups excluding carboxylic acids is 1. The molecule has 3 saturated carbocycles. The van der Waals surface area contributed by atoms with Crippen LogP contribution in [0.25, 0.3) is 0 Å². The zero-order chi connectivity index (χ0) is 16.0. The van der Waals surface area contributed by atoms with Crippen molar-refractivity contribution in [3.05, 3.63) is 11.5 Å². The van der Waals surface area contributed by atoms with E-state index >= 15 is 0 Å². The van der Waals surface area contributed by atoms with E-state index < -0.39 is 0 Å². The summed E-state index contributed by atoms with van der Waals surface area (Å²) in [6.45, 7) is 4.72. The van der Waals surface area contributed by atoms with Crippen LogP contribution in [-0.2, 0) is 14.3 Å². The average Bonchev–Trinajstić information content (AvgIpc) is 3.20. The average molecular weight is 316 g/mol. The van der Waals surface area contributed by atoms with Crippen molar-refractivity contribution in [3.63, 3.8) is 0 Å². The van der Waals surface area contributed by atoms with E-state index in [4.69, 9.17) is 9.47 Å². The van der Waals surface area contributed by atoms with Crippen molar-refractivity contribution in [2.75, 3.05) is 7.11 Å². The molecule has 3 fully saturated rings. The van der Waals surface area contributed by atoms with Crippen LogP contribution in [0.3, 0.4) is 0 Å². The number of hydrogen-bond donors (Lipinski definition) is 0. The number of ether oxygens (including phenoxy) is 2. The van der Waals surface area contributed by atoms with Crippen LogP contribution in [0.5, 0.6) is 0 Å². The third-order valence-electron chi connectivity index (χ3n) is 8.48. The highest BCUT2D eigenvalue weighted by Crippen LogP contribution is 2.68. The molecule has 5 aliphatic rings. The van der Waals surface area contributed by atoms with Crippen molar-refractivity contribution in [3.8, 4) is 0 Å². The predicted octanol–water partition coefficient (Wildman–Crippen LogP) is 4.07. The molecule has 23 heavy (non-hydrogen) atoms. The van der Waals surface area contributed by atoms with Gasteiger partial charge in [-0.1, -0.05) is 13.8 Å². The molecule has 0 radical (unpaired) electrons. The summed E-state index contributed by atoms with van der Waals surface area (Å²) in [5.74, 6) is 5.63. The molecule has 0 bridgehead atoms. The molecule has 0 spiro atoms. The minimum Gasteiger partial charge on any atom is -0.459 e. The van der Waals surface area contributed by atoms with Gasteiger partial charge in [0, 0.05) is 31.8 Å². The van der Waals surface area contributed by atoms with Crippen molar-refractivity contribution in [1.82, 2.24) is 0 Å². The van der Waals surface area contributed by atoms with Gasteiger partial charge < -0.3 is 9.47 Å². The monoisotopic (exact) mass is 316 g/mol. The van der Waals surface area contributed by atoms with Gasteiger partial charge in [-0.15, -0.1) is 0 Å². The highest BCUT2D eigenvalue weighted by atomic mass is 16.6. The predicted molar refractivity (Wildman–Crippen MR) is 86.4 cm³/mol. The Kier molecular flexibility index (Phi) is 2.78. The van der Waals surface area contributed by atoms with E-state index in [-0.39, 0.29) is 11.5 Å². The number of methoxy groups -OCH3 is 1. The van der Waals surface area contributed by atoms with E-state index in [0.29, 0.717) is 29.0 Å². The van der Waals surface area contributed by atoms with Crippen LogP contribution < -0.4 is 0 Å². The molecule has 0 unspecified atom stereocenters.